The molecule has 0 radical (unpaired) electrons. The molecule has 0 aromatic heterocycles. The minimum Gasteiger partial charge on any atom is -0.460 e. The first-order valence-electron chi connectivity index (χ1n) is 4.87. The van der Waals surface area contributed by atoms with Crippen LogP contribution in [0.1, 0.15) is 25.7 Å². The number of carbonyl (C=O) groups excluding carboxylic acids is 1. The molecule has 0 amide bonds. The zero-order chi connectivity index (χ0) is 9.10. The smallest absolute Gasteiger partial charge is 0.293 e. The quantitative estimate of drug-likeness (QED) is 0.606. The van der Waals surface area contributed by atoms with Gasteiger partial charge < -0.3 is 4.74 Å². The molecule has 0 aliphatic heterocycles. The second-order valence-corrected chi connectivity index (χ2v) is 3.68. The molecule has 70 valence electrons. The number of allylic oxidation sites excluding steroid dienone is 3. The predicted molar refractivity (Wildman–Crippen MR) is 50.1 cm³/mol. The Bertz CT molecular complexity index is 253. The van der Waals surface area contributed by atoms with Crippen molar-refractivity contribution in [2.75, 3.05) is 0 Å². The van der Waals surface area contributed by atoms with E-state index in [0.29, 0.717) is 12.4 Å². The number of ether oxygens (including phenoxy) is 1. The van der Waals surface area contributed by atoms with Gasteiger partial charge in [0.2, 0.25) is 0 Å². The van der Waals surface area contributed by atoms with Crippen molar-refractivity contribution in [1.82, 2.24) is 0 Å². The third-order valence-corrected chi connectivity index (χ3v) is 2.93. The lowest BCUT2D eigenvalue weighted by molar-refractivity contribution is -0.133. The minimum atomic E-state index is 0.0567. The molecule has 0 aromatic rings. The Morgan fingerprint density at radius 2 is 2.38 bits per heavy atom. The molecule has 0 heterocycles. The standard InChI is InChI=1S/C11H14O2/c12-8-13-11-7-3-5-9-4-1-2-6-10(9)11/h1-2,6,8-9,11H,3-5,7H2. The van der Waals surface area contributed by atoms with Gasteiger partial charge in [0.05, 0.1) is 0 Å². The lowest BCUT2D eigenvalue weighted by Gasteiger charge is -2.32. The van der Waals surface area contributed by atoms with Gasteiger partial charge in [-0.25, -0.2) is 0 Å². The Morgan fingerprint density at radius 3 is 3.23 bits per heavy atom. The highest BCUT2D eigenvalue weighted by Crippen LogP contribution is 2.35. The molecule has 1 saturated carbocycles. The first kappa shape index (κ1) is 8.54. The van der Waals surface area contributed by atoms with E-state index in [1.54, 1.807) is 0 Å². The summed E-state index contributed by atoms with van der Waals surface area (Å²) in [6, 6.07) is 0. The Kier molecular flexibility index (Phi) is 2.48. The second kappa shape index (κ2) is 3.77. The summed E-state index contributed by atoms with van der Waals surface area (Å²) < 4.78 is 5.07. The van der Waals surface area contributed by atoms with Crippen LogP contribution in [0.2, 0.25) is 0 Å². The van der Waals surface area contributed by atoms with E-state index in [0.717, 1.165) is 12.8 Å². The fourth-order valence-corrected chi connectivity index (χ4v) is 2.28. The summed E-state index contributed by atoms with van der Waals surface area (Å²) in [5.41, 5.74) is 1.32. The van der Waals surface area contributed by atoms with Gasteiger partial charge in [-0.05, 0) is 37.2 Å². The molecule has 0 aromatic carbocycles. The largest absolute Gasteiger partial charge is 0.460 e. The molecular weight excluding hydrogens is 164 g/mol. The van der Waals surface area contributed by atoms with Crippen molar-refractivity contribution in [3.63, 3.8) is 0 Å². The van der Waals surface area contributed by atoms with Crippen molar-refractivity contribution in [3.8, 4) is 0 Å². The van der Waals surface area contributed by atoms with Crippen LogP contribution in [0.5, 0.6) is 0 Å². The van der Waals surface area contributed by atoms with Gasteiger partial charge >= 0.3 is 0 Å². The van der Waals surface area contributed by atoms with E-state index in [1.807, 2.05) is 0 Å². The molecule has 2 heteroatoms. The van der Waals surface area contributed by atoms with Crippen molar-refractivity contribution in [2.45, 2.75) is 31.8 Å². The van der Waals surface area contributed by atoms with Crippen LogP contribution in [0.4, 0.5) is 0 Å². The molecular formula is C11H14O2. The fraction of sp³-hybridized carbons (Fsp3) is 0.545. The highest BCUT2D eigenvalue weighted by atomic mass is 16.5. The van der Waals surface area contributed by atoms with Gasteiger partial charge in [-0.15, -0.1) is 0 Å². The monoisotopic (exact) mass is 178 g/mol. The molecule has 2 nitrogen and oxygen atoms in total. The SMILES string of the molecule is O=COC1CCCC2CC=CC=C21. The topological polar surface area (TPSA) is 26.3 Å². The number of carbonyl (C=O) groups is 1. The molecule has 0 bridgehead atoms. The molecule has 0 saturated heterocycles. The van der Waals surface area contributed by atoms with E-state index in [2.05, 4.69) is 18.2 Å². The molecule has 2 rings (SSSR count). The Balaban J connectivity index is 2.14. The van der Waals surface area contributed by atoms with Crippen LogP contribution in [0.25, 0.3) is 0 Å². The van der Waals surface area contributed by atoms with Gasteiger partial charge in [-0.3, -0.25) is 4.79 Å². The summed E-state index contributed by atoms with van der Waals surface area (Å²) in [4.78, 5) is 10.3. The predicted octanol–water partition coefficient (Wildman–Crippen LogP) is 2.21. The summed E-state index contributed by atoms with van der Waals surface area (Å²) in [7, 11) is 0. The maximum absolute atomic E-state index is 10.3. The third kappa shape index (κ3) is 1.67. The fourth-order valence-electron chi connectivity index (χ4n) is 2.28. The van der Waals surface area contributed by atoms with E-state index in [1.165, 1.54) is 18.4 Å². The molecule has 2 unspecified atom stereocenters. The van der Waals surface area contributed by atoms with Crippen molar-refractivity contribution in [1.29, 1.82) is 0 Å². The van der Waals surface area contributed by atoms with E-state index in [9.17, 15) is 4.79 Å². The zero-order valence-electron chi connectivity index (χ0n) is 7.61. The van der Waals surface area contributed by atoms with Crippen molar-refractivity contribution < 1.29 is 9.53 Å². The minimum absolute atomic E-state index is 0.0567. The number of hydrogen-bond donors (Lipinski definition) is 0. The summed E-state index contributed by atoms with van der Waals surface area (Å²) in [5.74, 6) is 0.628. The van der Waals surface area contributed by atoms with Crippen LogP contribution in [0.15, 0.2) is 23.8 Å². The van der Waals surface area contributed by atoms with E-state index in [-0.39, 0.29) is 6.10 Å². The van der Waals surface area contributed by atoms with E-state index >= 15 is 0 Å². The van der Waals surface area contributed by atoms with Gasteiger partial charge in [0, 0.05) is 0 Å². The van der Waals surface area contributed by atoms with Crippen LogP contribution >= 0.6 is 0 Å². The Hall–Kier alpha value is -1.05. The van der Waals surface area contributed by atoms with Crippen LogP contribution in [0, 0.1) is 5.92 Å². The molecule has 0 spiro atoms. The Labute approximate surface area is 78.3 Å². The van der Waals surface area contributed by atoms with Crippen molar-refractivity contribution >= 4 is 6.47 Å². The van der Waals surface area contributed by atoms with E-state index in [4.69, 9.17) is 4.74 Å². The molecule has 1 fully saturated rings. The molecule has 2 aliphatic carbocycles. The highest BCUT2D eigenvalue weighted by molar-refractivity contribution is 5.40. The maximum atomic E-state index is 10.3. The van der Waals surface area contributed by atoms with Crippen LogP contribution < -0.4 is 0 Å². The number of rotatable bonds is 2. The average molecular weight is 178 g/mol. The van der Waals surface area contributed by atoms with Gasteiger partial charge in [-0.1, -0.05) is 18.2 Å². The van der Waals surface area contributed by atoms with Crippen molar-refractivity contribution in [2.24, 2.45) is 5.92 Å². The van der Waals surface area contributed by atoms with E-state index < -0.39 is 0 Å². The van der Waals surface area contributed by atoms with Crippen LogP contribution in [0.3, 0.4) is 0 Å². The zero-order valence-corrected chi connectivity index (χ0v) is 7.61. The second-order valence-electron chi connectivity index (χ2n) is 3.68. The maximum Gasteiger partial charge on any atom is 0.293 e. The number of hydrogen-bond acceptors (Lipinski definition) is 2. The van der Waals surface area contributed by atoms with Gasteiger partial charge in [0.25, 0.3) is 6.47 Å². The average Bonchev–Trinajstić information content (AvgIpc) is 2.19. The summed E-state index contributed by atoms with van der Waals surface area (Å²) in [5, 5.41) is 0. The van der Waals surface area contributed by atoms with Gasteiger partial charge in [-0.2, -0.15) is 0 Å². The number of fused-ring (bicyclic) bond motifs is 1. The van der Waals surface area contributed by atoms with Gasteiger partial charge in [0.15, 0.2) is 0 Å². The van der Waals surface area contributed by atoms with Crippen molar-refractivity contribution in [3.05, 3.63) is 23.8 Å². The van der Waals surface area contributed by atoms with Crippen LogP contribution in [-0.4, -0.2) is 12.6 Å². The third-order valence-electron chi connectivity index (χ3n) is 2.93. The molecule has 0 N–H and O–H groups in total. The highest BCUT2D eigenvalue weighted by Gasteiger charge is 2.28. The summed E-state index contributed by atoms with van der Waals surface area (Å²) in [6.45, 7) is 0.576. The first-order chi connectivity index (χ1) is 6.42. The lowest BCUT2D eigenvalue weighted by atomic mass is 9.78. The van der Waals surface area contributed by atoms with Gasteiger partial charge in [0.1, 0.15) is 6.10 Å². The summed E-state index contributed by atoms with van der Waals surface area (Å²) >= 11 is 0. The normalized spacial score (nSPS) is 31.8. The Morgan fingerprint density at radius 1 is 1.46 bits per heavy atom. The first-order valence-corrected chi connectivity index (χ1v) is 4.87. The lowest BCUT2D eigenvalue weighted by Crippen LogP contribution is -2.26. The molecule has 2 atom stereocenters. The summed E-state index contributed by atoms with van der Waals surface area (Å²) in [6.07, 6.45) is 11.0. The van der Waals surface area contributed by atoms with Crippen LogP contribution in [-0.2, 0) is 9.53 Å². The molecule has 2 aliphatic rings. The molecule has 13 heavy (non-hydrogen) atoms.